The SMILES string of the molecule is CCOC(=O)c1c(C)[nH]c(C(=O)COC(=O)c2ccc(NC(N)=O)cc2)c1C. The van der Waals surface area contributed by atoms with Gasteiger partial charge in [0, 0.05) is 11.4 Å². The molecule has 1 aromatic carbocycles. The fourth-order valence-electron chi connectivity index (χ4n) is 2.66. The van der Waals surface area contributed by atoms with Gasteiger partial charge in [-0.2, -0.15) is 0 Å². The van der Waals surface area contributed by atoms with Crippen molar-refractivity contribution in [1.29, 1.82) is 0 Å². The molecule has 148 valence electrons. The van der Waals surface area contributed by atoms with Crippen molar-refractivity contribution in [3.63, 3.8) is 0 Å². The molecule has 9 nitrogen and oxygen atoms in total. The molecule has 0 spiro atoms. The summed E-state index contributed by atoms with van der Waals surface area (Å²) in [5.74, 6) is -1.70. The van der Waals surface area contributed by atoms with E-state index in [2.05, 4.69) is 10.3 Å². The quantitative estimate of drug-likeness (QED) is 0.492. The van der Waals surface area contributed by atoms with Gasteiger partial charge in [0.25, 0.3) is 0 Å². The third kappa shape index (κ3) is 4.76. The number of hydrogen-bond acceptors (Lipinski definition) is 6. The van der Waals surface area contributed by atoms with E-state index in [-0.39, 0.29) is 17.9 Å². The summed E-state index contributed by atoms with van der Waals surface area (Å²) >= 11 is 0. The standard InChI is InChI=1S/C19H21N3O6/c1-4-27-18(25)15-10(2)16(21-11(15)3)14(23)9-28-17(24)12-5-7-13(8-6-12)22-19(20)26/h5-8,21H,4,9H2,1-3H3,(H3,20,22,26). The number of hydrogen-bond donors (Lipinski definition) is 3. The lowest BCUT2D eigenvalue weighted by Gasteiger charge is -2.06. The molecule has 0 atom stereocenters. The average Bonchev–Trinajstić information content (AvgIpc) is 2.94. The lowest BCUT2D eigenvalue weighted by molar-refractivity contribution is 0.0472. The van der Waals surface area contributed by atoms with Crippen molar-refractivity contribution in [2.24, 2.45) is 5.73 Å². The van der Waals surface area contributed by atoms with Crippen LogP contribution in [-0.4, -0.2) is 42.0 Å². The van der Waals surface area contributed by atoms with E-state index < -0.39 is 30.4 Å². The van der Waals surface area contributed by atoms with Crippen LogP contribution >= 0.6 is 0 Å². The van der Waals surface area contributed by atoms with Crippen molar-refractivity contribution in [3.8, 4) is 0 Å². The lowest BCUT2D eigenvalue weighted by Crippen LogP contribution is -2.19. The molecule has 2 amide bonds. The fraction of sp³-hybridized carbons (Fsp3) is 0.263. The molecule has 0 fully saturated rings. The number of carbonyl (C=O) groups is 4. The first-order valence-corrected chi connectivity index (χ1v) is 8.47. The van der Waals surface area contributed by atoms with Crippen LogP contribution in [0, 0.1) is 13.8 Å². The number of aromatic amines is 1. The van der Waals surface area contributed by atoms with Gasteiger partial charge in [-0.1, -0.05) is 0 Å². The number of benzene rings is 1. The maximum absolute atomic E-state index is 12.4. The van der Waals surface area contributed by atoms with Crippen LogP contribution in [0.1, 0.15) is 49.4 Å². The van der Waals surface area contributed by atoms with Gasteiger partial charge in [0.2, 0.25) is 5.78 Å². The lowest BCUT2D eigenvalue weighted by atomic mass is 10.1. The minimum absolute atomic E-state index is 0.189. The topological polar surface area (TPSA) is 141 Å². The Hall–Kier alpha value is -3.62. The molecule has 1 heterocycles. The number of aromatic nitrogens is 1. The van der Waals surface area contributed by atoms with E-state index in [1.807, 2.05) is 0 Å². The van der Waals surface area contributed by atoms with Gasteiger partial charge in [0.05, 0.1) is 23.4 Å². The van der Waals surface area contributed by atoms with Crippen molar-refractivity contribution in [3.05, 3.63) is 52.3 Å². The van der Waals surface area contributed by atoms with E-state index in [0.717, 1.165) is 0 Å². The van der Waals surface area contributed by atoms with Crippen LogP contribution in [0.15, 0.2) is 24.3 Å². The highest BCUT2D eigenvalue weighted by Gasteiger charge is 2.23. The normalized spacial score (nSPS) is 10.2. The molecule has 0 aliphatic carbocycles. The molecule has 2 rings (SSSR count). The maximum Gasteiger partial charge on any atom is 0.340 e. The summed E-state index contributed by atoms with van der Waals surface area (Å²) in [5.41, 5.74) is 7.07. The van der Waals surface area contributed by atoms with Crippen molar-refractivity contribution >= 4 is 29.4 Å². The van der Waals surface area contributed by atoms with E-state index in [9.17, 15) is 19.2 Å². The Morgan fingerprint density at radius 2 is 1.68 bits per heavy atom. The summed E-state index contributed by atoms with van der Waals surface area (Å²) in [6, 6.07) is 5.10. The second-order valence-electron chi connectivity index (χ2n) is 5.91. The molecule has 9 heteroatoms. The Morgan fingerprint density at radius 1 is 1.04 bits per heavy atom. The smallest absolute Gasteiger partial charge is 0.340 e. The highest BCUT2D eigenvalue weighted by molar-refractivity contribution is 6.03. The maximum atomic E-state index is 12.4. The summed E-state index contributed by atoms with van der Waals surface area (Å²) in [4.78, 5) is 50.1. The second kappa shape index (κ2) is 8.85. The zero-order valence-electron chi connectivity index (χ0n) is 15.8. The summed E-state index contributed by atoms with van der Waals surface area (Å²) < 4.78 is 10.0. The monoisotopic (exact) mass is 387 g/mol. The number of Topliss-reactive ketones (excluding diaryl/α,β-unsaturated/α-hetero) is 1. The summed E-state index contributed by atoms with van der Waals surface area (Å²) in [5, 5.41) is 2.37. The molecule has 0 aliphatic heterocycles. The van der Waals surface area contributed by atoms with Crippen LogP contribution in [0.2, 0.25) is 0 Å². The fourth-order valence-corrected chi connectivity index (χ4v) is 2.66. The number of amides is 2. The number of nitrogens with one attached hydrogen (secondary N) is 2. The Kier molecular flexibility index (Phi) is 6.54. The molecule has 0 saturated heterocycles. The zero-order chi connectivity index (χ0) is 20.8. The average molecular weight is 387 g/mol. The van der Waals surface area contributed by atoms with Crippen molar-refractivity contribution in [2.75, 3.05) is 18.5 Å². The molecule has 2 aromatic rings. The molecule has 0 bridgehead atoms. The first kappa shape index (κ1) is 20.7. The molecule has 1 aromatic heterocycles. The molecule has 0 saturated carbocycles. The van der Waals surface area contributed by atoms with E-state index in [1.165, 1.54) is 24.3 Å². The number of ether oxygens (including phenoxy) is 2. The van der Waals surface area contributed by atoms with Gasteiger partial charge in [-0.25, -0.2) is 14.4 Å². The van der Waals surface area contributed by atoms with E-state index in [4.69, 9.17) is 15.2 Å². The minimum atomic E-state index is -0.722. The first-order chi connectivity index (χ1) is 13.2. The minimum Gasteiger partial charge on any atom is -0.462 e. The predicted octanol–water partition coefficient (Wildman–Crippen LogP) is 2.34. The zero-order valence-corrected chi connectivity index (χ0v) is 15.8. The Morgan fingerprint density at radius 3 is 2.25 bits per heavy atom. The molecule has 28 heavy (non-hydrogen) atoms. The third-order valence-corrected chi connectivity index (χ3v) is 3.92. The Balaban J connectivity index is 2.04. The van der Waals surface area contributed by atoms with Crippen LogP contribution in [0.3, 0.4) is 0 Å². The number of H-pyrrole nitrogens is 1. The van der Waals surface area contributed by atoms with Crippen LogP contribution in [0.4, 0.5) is 10.5 Å². The van der Waals surface area contributed by atoms with Crippen molar-refractivity contribution in [1.82, 2.24) is 4.98 Å². The molecule has 0 radical (unpaired) electrons. The number of anilines is 1. The number of aryl methyl sites for hydroxylation is 1. The van der Waals surface area contributed by atoms with Crippen LogP contribution < -0.4 is 11.1 Å². The third-order valence-electron chi connectivity index (χ3n) is 3.92. The number of ketones is 1. The molecular formula is C19H21N3O6. The van der Waals surface area contributed by atoms with Crippen LogP contribution in [0.25, 0.3) is 0 Å². The van der Waals surface area contributed by atoms with E-state index in [1.54, 1.807) is 20.8 Å². The van der Waals surface area contributed by atoms with Gasteiger partial charge in [-0.3, -0.25) is 4.79 Å². The molecule has 0 unspecified atom stereocenters. The molecule has 4 N–H and O–H groups in total. The molecule has 0 aliphatic rings. The highest BCUT2D eigenvalue weighted by atomic mass is 16.5. The summed E-state index contributed by atoms with van der Waals surface area (Å²) in [7, 11) is 0. The number of esters is 2. The van der Waals surface area contributed by atoms with Gasteiger partial charge < -0.3 is 25.5 Å². The predicted molar refractivity (Wildman–Crippen MR) is 100 cm³/mol. The Labute approximate surface area is 161 Å². The second-order valence-corrected chi connectivity index (χ2v) is 5.91. The van der Waals surface area contributed by atoms with Gasteiger partial charge in [0.15, 0.2) is 6.61 Å². The summed E-state index contributed by atoms with van der Waals surface area (Å²) in [6.07, 6.45) is 0. The number of primary amides is 1. The molecular weight excluding hydrogens is 366 g/mol. The van der Waals surface area contributed by atoms with E-state index in [0.29, 0.717) is 22.5 Å². The number of nitrogens with two attached hydrogens (primary N) is 1. The van der Waals surface area contributed by atoms with Gasteiger partial charge in [-0.05, 0) is 50.6 Å². The van der Waals surface area contributed by atoms with Crippen molar-refractivity contribution in [2.45, 2.75) is 20.8 Å². The number of carbonyl (C=O) groups excluding carboxylic acids is 4. The van der Waals surface area contributed by atoms with Crippen LogP contribution in [-0.2, 0) is 9.47 Å². The van der Waals surface area contributed by atoms with Gasteiger partial charge in [0.1, 0.15) is 0 Å². The number of urea groups is 1. The van der Waals surface area contributed by atoms with Gasteiger partial charge >= 0.3 is 18.0 Å². The largest absolute Gasteiger partial charge is 0.462 e. The van der Waals surface area contributed by atoms with Gasteiger partial charge in [-0.15, -0.1) is 0 Å². The van der Waals surface area contributed by atoms with Crippen molar-refractivity contribution < 1.29 is 28.7 Å². The van der Waals surface area contributed by atoms with Crippen LogP contribution in [0.5, 0.6) is 0 Å². The Bertz CT molecular complexity index is 914. The van der Waals surface area contributed by atoms with E-state index >= 15 is 0 Å². The highest BCUT2D eigenvalue weighted by Crippen LogP contribution is 2.20. The summed E-state index contributed by atoms with van der Waals surface area (Å²) in [6.45, 7) is 4.69. The number of rotatable bonds is 7. The first-order valence-electron chi connectivity index (χ1n) is 8.47.